The fraction of sp³-hybridized carbons (Fsp3) is 0.167. The molecule has 0 aliphatic heterocycles. The minimum atomic E-state index is -0.655. The normalized spacial score (nSPS) is 10.1. The second-order valence-electron chi connectivity index (χ2n) is 4.95. The number of thioether (sulfide) groups is 1. The molecule has 0 bridgehead atoms. The first-order chi connectivity index (χ1) is 12.4. The zero-order chi connectivity index (χ0) is 19.1. The van der Waals surface area contributed by atoms with E-state index in [0.29, 0.717) is 0 Å². The van der Waals surface area contributed by atoms with Gasteiger partial charge in [0.1, 0.15) is 5.75 Å². The molecule has 0 radical (unpaired) electrons. The lowest BCUT2D eigenvalue weighted by atomic mass is 10.1. The molecule has 2 aromatic rings. The van der Waals surface area contributed by atoms with Crippen LogP contribution in [-0.4, -0.2) is 37.9 Å². The molecule has 6 nitrogen and oxygen atoms in total. The number of carbonyl (C=O) groups is 3. The van der Waals surface area contributed by atoms with Gasteiger partial charge in [0.2, 0.25) is 0 Å². The first kappa shape index (κ1) is 20.0. The largest absolute Gasteiger partial charge is 0.465 e. The summed E-state index contributed by atoms with van der Waals surface area (Å²) in [6, 6.07) is 11.5. The Morgan fingerprint density at radius 2 is 1.46 bits per heavy atom. The second-order valence-corrected chi connectivity index (χ2v) is 6.91. The van der Waals surface area contributed by atoms with Gasteiger partial charge in [-0.05, 0) is 42.5 Å². The van der Waals surface area contributed by atoms with Gasteiger partial charge < -0.3 is 14.2 Å². The summed E-state index contributed by atoms with van der Waals surface area (Å²) in [4.78, 5) is 36.4. The Kier molecular flexibility index (Phi) is 7.23. The van der Waals surface area contributed by atoms with Crippen molar-refractivity contribution in [3.05, 3.63) is 58.1 Å². The lowest BCUT2D eigenvalue weighted by molar-refractivity contribution is -0.131. The van der Waals surface area contributed by atoms with E-state index in [4.69, 9.17) is 4.74 Å². The maximum atomic E-state index is 12.1. The Bertz CT molecular complexity index is 785. The highest BCUT2D eigenvalue weighted by molar-refractivity contribution is 9.10. The molecule has 0 unspecified atom stereocenters. The van der Waals surface area contributed by atoms with Gasteiger partial charge in [0.15, 0.2) is 0 Å². The van der Waals surface area contributed by atoms with E-state index in [9.17, 15) is 14.4 Å². The summed E-state index contributed by atoms with van der Waals surface area (Å²) in [5.74, 6) is -1.70. The Morgan fingerprint density at radius 1 is 0.923 bits per heavy atom. The predicted octanol–water partition coefficient (Wildman–Crippen LogP) is 3.72. The fourth-order valence-corrected chi connectivity index (χ4v) is 2.90. The number of rotatable bonds is 6. The molecule has 0 saturated carbocycles. The van der Waals surface area contributed by atoms with Crippen LogP contribution < -0.4 is 4.74 Å². The van der Waals surface area contributed by atoms with E-state index in [1.807, 2.05) is 24.3 Å². The first-order valence-corrected chi connectivity index (χ1v) is 9.11. The van der Waals surface area contributed by atoms with Crippen molar-refractivity contribution in [2.24, 2.45) is 0 Å². The first-order valence-electron chi connectivity index (χ1n) is 7.33. The van der Waals surface area contributed by atoms with Gasteiger partial charge >= 0.3 is 17.9 Å². The summed E-state index contributed by atoms with van der Waals surface area (Å²) in [7, 11) is 2.43. The zero-order valence-electron chi connectivity index (χ0n) is 14.0. The topological polar surface area (TPSA) is 78.9 Å². The third kappa shape index (κ3) is 5.60. The molecule has 2 rings (SSSR count). The Balaban J connectivity index is 2.11. The van der Waals surface area contributed by atoms with Gasteiger partial charge in [-0.1, -0.05) is 15.9 Å². The molecular formula is C18H15BrO6S. The molecule has 0 spiro atoms. The number of carbonyl (C=O) groups excluding carboxylic acids is 3. The maximum absolute atomic E-state index is 12.1. The summed E-state index contributed by atoms with van der Waals surface area (Å²) < 4.78 is 15.5. The molecule has 8 heteroatoms. The van der Waals surface area contributed by atoms with E-state index in [2.05, 4.69) is 25.4 Å². The van der Waals surface area contributed by atoms with Gasteiger partial charge in [-0.15, -0.1) is 11.8 Å². The van der Waals surface area contributed by atoms with E-state index >= 15 is 0 Å². The van der Waals surface area contributed by atoms with Crippen LogP contribution in [0.3, 0.4) is 0 Å². The van der Waals surface area contributed by atoms with Crippen molar-refractivity contribution < 1.29 is 28.6 Å². The van der Waals surface area contributed by atoms with Crippen LogP contribution in [0.2, 0.25) is 0 Å². The lowest BCUT2D eigenvalue weighted by Crippen LogP contribution is -2.13. The summed E-state index contributed by atoms with van der Waals surface area (Å²) in [6.45, 7) is 0. The predicted molar refractivity (Wildman–Crippen MR) is 99.6 cm³/mol. The summed E-state index contributed by atoms with van der Waals surface area (Å²) in [5.41, 5.74) is 0.164. The van der Waals surface area contributed by atoms with Gasteiger partial charge in [-0.2, -0.15) is 0 Å². The average molecular weight is 439 g/mol. The smallest absolute Gasteiger partial charge is 0.338 e. The van der Waals surface area contributed by atoms with Crippen molar-refractivity contribution in [2.45, 2.75) is 4.90 Å². The molecule has 0 aliphatic rings. The van der Waals surface area contributed by atoms with Crippen LogP contribution in [0.15, 0.2) is 51.8 Å². The van der Waals surface area contributed by atoms with Crippen LogP contribution >= 0.6 is 27.7 Å². The van der Waals surface area contributed by atoms with E-state index in [0.717, 1.165) is 9.37 Å². The number of hydrogen-bond donors (Lipinski definition) is 0. The number of halogens is 1. The van der Waals surface area contributed by atoms with Gasteiger partial charge in [-0.3, -0.25) is 4.79 Å². The molecule has 0 saturated heterocycles. The highest BCUT2D eigenvalue weighted by Gasteiger charge is 2.16. The molecule has 2 aromatic carbocycles. The van der Waals surface area contributed by atoms with Crippen molar-refractivity contribution in [3.63, 3.8) is 0 Å². The van der Waals surface area contributed by atoms with Gasteiger partial charge in [0, 0.05) is 9.37 Å². The molecule has 0 amide bonds. The van der Waals surface area contributed by atoms with Crippen molar-refractivity contribution >= 4 is 45.6 Å². The summed E-state index contributed by atoms with van der Waals surface area (Å²) >= 11 is 4.65. The highest BCUT2D eigenvalue weighted by Crippen LogP contribution is 2.23. The number of esters is 3. The quantitative estimate of drug-likeness (QED) is 0.386. The number of methoxy groups -OCH3 is 2. The van der Waals surface area contributed by atoms with E-state index < -0.39 is 17.9 Å². The lowest BCUT2D eigenvalue weighted by Gasteiger charge is -2.09. The molecule has 0 N–H and O–H groups in total. The molecule has 136 valence electrons. The maximum Gasteiger partial charge on any atom is 0.338 e. The van der Waals surface area contributed by atoms with Crippen LogP contribution in [0, 0.1) is 0 Å². The summed E-state index contributed by atoms with van der Waals surface area (Å²) in [6.07, 6.45) is 0. The van der Waals surface area contributed by atoms with E-state index in [-0.39, 0.29) is 22.6 Å². The number of ether oxygens (including phenoxy) is 3. The molecule has 0 heterocycles. The van der Waals surface area contributed by atoms with Crippen LogP contribution in [0.1, 0.15) is 20.7 Å². The van der Waals surface area contributed by atoms with Crippen LogP contribution in [-0.2, 0) is 14.3 Å². The third-order valence-corrected chi connectivity index (χ3v) is 4.66. The Morgan fingerprint density at radius 3 is 1.96 bits per heavy atom. The van der Waals surface area contributed by atoms with Crippen LogP contribution in [0.25, 0.3) is 0 Å². The van der Waals surface area contributed by atoms with Crippen molar-refractivity contribution in [1.29, 1.82) is 0 Å². The summed E-state index contributed by atoms with van der Waals surface area (Å²) in [5, 5.41) is 0. The molecule has 26 heavy (non-hydrogen) atoms. The third-order valence-electron chi connectivity index (χ3n) is 3.15. The molecule has 0 fully saturated rings. The van der Waals surface area contributed by atoms with Crippen molar-refractivity contribution in [1.82, 2.24) is 0 Å². The monoisotopic (exact) mass is 438 g/mol. The fourth-order valence-electron chi connectivity index (χ4n) is 1.96. The highest BCUT2D eigenvalue weighted by atomic mass is 79.9. The Hall–Kier alpha value is -2.32. The second kappa shape index (κ2) is 9.40. The number of hydrogen-bond acceptors (Lipinski definition) is 7. The molecular weight excluding hydrogens is 424 g/mol. The van der Waals surface area contributed by atoms with E-state index in [1.165, 1.54) is 44.2 Å². The van der Waals surface area contributed by atoms with E-state index in [1.54, 1.807) is 0 Å². The van der Waals surface area contributed by atoms with Crippen molar-refractivity contribution in [3.8, 4) is 5.75 Å². The minimum Gasteiger partial charge on any atom is -0.465 e. The van der Waals surface area contributed by atoms with Gasteiger partial charge in [-0.25, -0.2) is 9.59 Å². The number of benzene rings is 2. The van der Waals surface area contributed by atoms with Crippen LogP contribution in [0.5, 0.6) is 5.75 Å². The van der Waals surface area contributed by atoms with Gasteiger partial charge in [0.05, 0.1) is 31.1 Å². The molecule has 0 aromatic heterocycles. The SMILES string of the molecule is COC(=O)c1cc(OC(=O)CSc2ccc(Br)cc2)cc(C(=O)OC)c1. The zero-order valence-corrected chi connectivity index (χ0v) is 16.4. The minimum absolute atomic E-state index is 0.0645. The molecule has 0 atom stereocenters. The van der Waals surface area contributed by atoms with Gasteiger partial charge in [0.25, 0.3) is 0 Å². The average Bonchev–Trinajstić information content (AvgIpc) is 2.65. The van der Waals surface area contributed by atoms with Crippen molar-refractivity contribution in [2.75, 3.05) is 20.0 Å². The molecule has 0 aliphatic carbocycles. The Labute approximate surface area is 162 Å². The van der Waals surface area contributed by atoms with Crippen LogP contribution in [0.4, 0.5) is 0 Å². The standard InChI is InChI=1S/C18H15BrO6S/c1-23-17(21)11-7-12(18(22)24-2)9-14(8-11)25-16(20)10-26-15-5-3-13(19)4-6-15/h3-9H,10H2,1-2H3.